The van der Waals surface area contributed by atoms with Crippen LogP contribution in [0.4, 0.5) is 0 Å². The smallest absolute Gasteiger partial charge is 0.338 e. The molecule has 19 nitrogen and oxygen atoms in total. The molecule has 8 aromatic rings. The summed E-state index contributed by atoms with van der Waals surface area (Å²) in [7, 11) is 0. The molecule has 2 aliphatic heterocycles. The minimum Gasteiger partial charge on any atom is -0.459 e. The lowest BCUT2D eigenvalue weighted by atomic mass is 9.97. The Bertz CT molecular complexity index is 3640. The maximum Gasteiger partial charge on any atom is 0.338 e. The summed E-state index contributed by atoms with van der Waals surface area (Å²) in [5.74, 6) is -10.8. The zero-order chi connectivity index (χ0) is 60.5. The third kappa shape index (κ3) is 14.8. The molecular weight excluding hydrogens is 1120 g/mol. The number of carbonyl (C=O) groups is 8. The van der Waals surface area contributed by atoms with Crippen molar-refractivity contribution in [2.45, 2.75) is 54.8 Å². The number of hydrogen-bond donors (Lipinski definition) is 0. The van der Waals surface area contributed by atoms with E-state index in [9.17, 15) is 38.4 Å². The van der Waals surface area contributed by atoms with Gasteiger partial charge in [0.15, 0.2) is 30.5 Å². The van der Waals surface area contributed by atoms with Gasteiger partial charge in [-0.15, -0.1) is 0 Å². The second-order valence-corrected chi connectivity index (χ2v) is 19.6. The summed E-state index contributed by atoms with van der Waals surface area (Å²) >= 11 is 0. The fourth-order valence-electron chi connectivity index (χ4n) is 9.49. The van der Waals surface area contributed by atoms with Crippen molar-refractivity contribution >= 4 is 47.8 Å². The van der Waals surface area contributed by atoms with Gasteiger partial charge in [-0.1, -0.05) is 146 Å². The van der Waals surface area contributed by atoms with E-state index < -0.39 is 122 Å². The van der Waals surface area contributed by atoms with Crippen molar-refractivity contribution < 1.29 is 90.5 Å². The number of carbonyl (C=O) groups excluding carboxylic acids is 8. The standard InChI is InChI=1S/C68H54O19/c69-59(44-25-9-1-10-26-44)77-41-52-54(81-62(72)47-31-15-4-16-32-47)56(83-64(74)49-35-19-6-20-36-49)57(84-65(75)50-37-21-7-22-38-50)67(80-52)87-68(43-79-61(71)46-29-13-3-14-30-46)58(85-66(76)51-39-23-8-24-40-51)55(82-63(73)48-33-17-5-18-34-48)53(86-68)42-78-60(70)45-27-11-2-12-28-45/h1-40,52-58,67H,41-43H2/t52?,53-,54-,55-,56+,57?,58-,67-,68+/m1/s1. The van der Waals surface area contributed by atoms with Gasteiger partial charge >= 0.3 is 47.8 Å². The lowest BCUT2D eigenvalue weighted by Crippen LogP contribution is -2.66. The molecule has 0 aliphatic carbocycles. The molecule has 2 saturated heterocycles. The molecule has 8 aromatic carbocycles. The summed E-state index contributed by atoms with van der Waals surface area (Å²) < 4.78 is 70.1. The third-order valence-corrected chi connectivity index (χ3v) is 13.8. The zero-order valence-corrected chi connectivity index (χ0v) is 46.1. The lowest BCUT2D eigenvalue weighted by molar-refractivity contribution is -0.380. The van der Waals surface area contributed by atoms with E-state index in [-0.39, 0.29) is 44.5 Å². The summed E-state index contributed by atoms with van der Waals surface area (Å²) in [6, 6.07) is 61.6. The first-order chi connectivity index (χ1) is 42.4. The average Bonchev–Trinajstić information content (AvgIpc) is 1.83. The van der Waals surface area contributed by atoms with Gasteiger partial charge in [0, 0.05) is 0 Å². The molecule has 2 fully saturated rings. The number of ether oxygens (including phenoxy) is 11. The summed E-state index contributed by atoms with van der Waals surface area (Å²) in [6.45, 7) is -2.69. The summed E-state index contributed by atoms with van der Waals surface area (Å²) in [5, 5.41) is 0. The van der Waals surface area contributed by atoms with Gasteiger partial charge in [0.2, 0.25) is 12.1 Å². The lowest BCUT2D eigenvalue weighted by Gasteiger charge is -2.46. The second-order valence-electron chi connectivity index (χ2n) is 19.6. The van der Waals surface area contributed by atoms with Crippen molar-refractivity contribution in [2.75, 3.05) is 19.8 Å². The van der Waals surface area contributed by atoms with Crippen molar-refractivity contribution in [1.82, 2.24) is 0 Å². The van der Waals surface area contributed by atoms with Crippen molar-refractivity contribution in [3.8, 4) is 0 Å². The van der Waals surface area contributed by atoms with Gasteiger partial charge in [-0.2, -0.15) is 0 Å². The first-order valence-corrected chi connectivity index (χ1v) is 27.4. The van der Waals surface area contributed by atoms with Crippen LogP contribution in [-0.4, -0.2) is 122 Å². The molecular formula is C68H54O19. The molecule has 0 radical (unpaired) electrons. The first-order valence-electron chi connectivity index (χ1n) is 27.4. The van der Waals surface area contributed by atoms with Crippen molar-refractivity contribution in [3.05, 3.63) is 287 Å². The summed E-state index contributed by atoms with van der Waals surface area (Å²) in [4.78, 5) is 115. The predicted molar refractivity (Wildman–Crippen MR) is 306 cm³/mol. The Hall–Kier alpha value is -10.6. The quantitative estimate of drug-likeness (QED) is 0.0480. The Morgan fingerprint density at radius 1 is 0.299 bits per heavy atom. The fourth-order valence-corrected chi connectivity index (χ4v) is 9.49. The molecule has 10 rings (SSSR count). The Kier molecular flexibility index (Phi) is 19.4. The molecule has 0 amide bonds. The molecule has 0 N–H and O–H groups in total. The van der Waals surface area contributed by atoms with Crippen LogP contribution in [0.15, 0.2) is 243 Å². The summed E-state index contributed by atoms with van der Waals surface area (Å²) in [5.41, 5.74) is 0.125. The van der Waals surface area contributed by atoms with Gasteiger partial charge in [-0.25, -0.2) is 38.4 Å². The van der Waals surface area contributed by atoms with Gasteiger partial charge < -0.3 is 52.1 Å². The van der Waals surface area contributed by atoms with E-state index in [4.69, 9.17) is 52.1 Å². The normalized spacial score (nSPS) is 21.1. The van der Waals surface area contributed by atoms with Gasteiger partial charge in [-0.05, 0) is 97.1 Å². The highest BCUT2D eigenvalue weighted by molar-refractivity contribution is 5.93. The number of hydrogen-bond acceptors (Lipinski definition) is 19. The van der Waals surface area contributed by atoms with E-state index in [1.165, 1.54) is 97.1 Å². The van der Waals surface area contributed by atoms with Gasteiger partial charge in [-0.3, -0.25) is 0 Å². The predicted octanol–water partition coefficient (Wildman–Crippen LogP) is 9.52. The van der Waals surface area contributed by atoms with E-state index in [1.54, 1.807) is 146 Å². The minimum absolute atomic E-state index is 0.00940. The Morgan fingerprint density at radius 3 is 0.931 bits per heavy atom. The Balaban J connectivity index is 1.16. The molecule has 9 atom stereocenters. The highest BCUT2D eigenvalue weighted by Crippen LogP contribution is 2.43. The highest BCUT2D eigenvalue weighted by atomic mass is 16.8. The number of esters is 8. The van der Waals surface area contributed by atoms with Crippen LogP contribution in [0.25, 0.3) is 0 Å². The summed E-state index contributed by atoms with van der Waals surface area (Å²) in [6.07, 6.45) is -15.7. The maximum atomic E-state index is 14.7. The first kappa shape index (κ1) is 59.6. The maximum absolute atomic E-state index is 14.7. The third-order valence-electron chi connectivity index (χ3n) is 13.8. The minimum atomic E-state index is -2.85. The second kappa shape index (κ2) is 28.3. The Labute approximate surface area is 498 Å². The fraction of sp³-hybridized carbons (Fsp3) is 0.176. The van der Waals surface area contributed by atoms with Crippen LogP contribution in [0.2, 0.25) is 0 Å². The molecule has 2 heterocycles. The highest BCUT2D eigenvalue weighted by Gasteiger charge is 2.65. The van der Waals surface area contributed by atoms with Crippen LogP contribution in [0.1, 0.15) is 82.9 Å². The largest absolute Gasteiger partial charge is 0.459 e. The number of benzene rings is 8. The van der Waals surface area contributed by atoms with Gasteiger partial charge in [0.25, 0.3) is 0 Å². The molecule has 0 aromatic heterocycles. The van der Waals surface area contributed by atoms with Crippen molar-refractivity contribution in [3.63, 3.8) is 0 Å². The molecule has 2 aliphatic rings. The topological polar surface area (TPSA) is 238 Å². The molecule has 0 saturated carbocycles. The average molecular weight is 1180 g/mol. The monoisotopic (exact) mass is 1170 g/mol. The molecule has 19 heteroatoms. The van der Waals surface area contributed by atoms with E-state index in [1.807, 2.05) is 0 Å². The van der Waals surface area contributed by atoms with E-state index in [0.29, 0.717) is 0 Å². The molecule has 0 spiro atoms. The SMILES string of the molecule is O=C(OCC1O[C@H](O[C@]2(COC(=O)c3ccccc3)O[C@H](COC(=O)c3ccccc3)[C@@H](OC(=O)c3ccccc3)[C@H]2OC(=O)c2ccccc2)C(OC(=O)c2ccccc2)[C@@H](OC(=O)c2ccccc2)[C@@H]1OC(=O)c1ccccc1)c1ccccc1. The number of rotatable bonds is 21. The van der Waals surface area contributed by atoms with Crippen LogP contribution < -0.4 is 0 Å². The molecule has 2 unspecified atom stereocenters. The van der Waals surface area contributed by atoms with Gasteiger partial charge in [0.1, 0.15) is 32.0 Å². The van der Waals surface area contributed by atoms with Crippen LogP contribution in [0.5, 0.6) is 0 Å². The van der Waals surface area contributed by atoms with Crippen LogP contribution >= 0.6 is 0 Å². The molecule has 440 valence electrons. The van der Waals surface area contributed by atoms with Crippen LogP contribution in [-0.2, 0) is 52.1 Å². The van der Waals surface area contributed by atoms with Crippen LogP contribution in [0, 0.1) is 0 Å². The Morgan fingerprint density at radius 2 is 0.575 bits per heavy atom. The van der Waals surface area contributed by atoms with Crippen molar-refractivity contribution in [2.24, 2.45) is 0 Å². The molecule has 0 bridgehead atoms. The van der Waals surface area contributed by atoms with E-state index in [0.717, 1.165) is 0 Å². The van der Waals surface area contributed by atoms with Crippen LogP contribution in [0.3, 0.4) is 0 Å². The van der Waals surface area contributed by atoms with E-state index in [2.05, 4.69) is 0 Å². The molecule has 87 heavy (non-hydrogen) atoms. The van der Waals surface area contributed by atoms with E-state index >= 15 is 0 Å². The zero-order valence-electron chi connectivity index (χ0n) is 46.1. The van der Waals surface area contributed by atoms with Crippen molar-refractivity contribution in [1.29, 1.82) is 0 Å². The van der Waals surface area contributed by atoms with Gasteiger partial charge in [0.05, 0.1) is 44.5 Å².